The van der Waals surface area contributed by atoms with Gasteiger partial charge < -0.3 is 5.32 Å². The number of rotatable bonds is 0. The van der Waals surface area contributed by atoms with E-state index in [4.69, 9.17) is 0 Å². The molecular weight excluding hydrogens is 164 g/mol. The summed E-state index contributed by atoms with van der Waals surface area (Å²) in [6.45, 7) is 3.00. The first kappa shape index (κ1) is 8.49. The standard InChI is InChI=1S/C6H10N4.ClH/c1-2-7-4-6-5-8-9-10(6)3-1;/h5,7H,1-4H2;1H. The summed E-state index contributed by atoms with van der Waals surface area (Å²) < 4.78 is 1.96. The molecule has 0 fully saturated rings. The summed E-state index contributed by atoms with van der Waals surface area (Å²) >= 11 is 0. The number of hydrogen-bond donors (Lipinski definition) is 1. The van der Waals surface area contributed by atoms with E-state index < -0.39 is 0 Å². The van der Waals surface area contributed by atoms with E-state index >= 15 is 0 Å². The molecule has 1 aliphatic rings. The van der Waals surface area contributed by atoms with Gasteiger partial charge in [0, 0.05) is 13.1 Å². The monoisotopic (exact) mass is 174 g/mol. The van der Waals surface area contributed by atoms with E-state index in [2.05, 4.69) is 15.6 Å². The molecule has 0 bridgehead atoms. The van der Waals surface area contributed by atoms with E-state index in [-0.39, 0.29) is 12.4 Å². The van der Waals surface area contributed by atoms with Gasteiger partial charge in [-0.25, -0.2) is 4.68 Å². The van der Waals surface area contributed by atoms with Crippen LogP contribution in [0.15, 0.2) is 6.20 Å². The maximum atomic E-state index is 3.94. The predicted molar refractivity (Wildman–Crippen MR) is 43.6 cm³/mol. The lowest BCUT2D eigenvalue weighted by molar-refractivity contribution is 0.566. The van der Waals surface area contributed by atoms with Crippen LogP contribution >= 0.6 is 12.4 Å². The molecule has 2 heterocycles. The summed E-state index contributed by atoms with van der Waals surface area (Å²) in [6.07, 6.45) is 2.97. The first-order valence-electron chi connectivity index (χ1n) is 3.55. The zero-order chi connectivity index (χ0) is 6.81. The minimum Gasteiger partial charge on any atom is -0.311 e. The van der Waals surface area contributed by atoms with Gasteiger partial charge in [0.2, 0.25) is 0 Å². The molecular formula is C6H11ClN4. The van der Waals surface area contributed by atoms with Crippen molar-refractivity contribution in [2.24, 2.45) is 0 Å². The van der Waals surface area contributed by atoms with Crippen molar-refractivity contribution in [1.29, 1.82) is 0 Å². The zero-order valence-electron chi connectivity index (χ0n) is 6.16. The molecule has 2 rings (SSSR count). The third kappa shape index (κ3) is 1.70. The lowest BCUT2D eigenvalue weighted by Gasteiger charge is -1.96. The Morgan fingerprint density at radius 3 is 3.36 bits per heavy atom. The average Bonchev–Trinajstić information content (AvgIpc) is 2.28. The Morgan fingerprint density at radius 2 is 2.45 bits per heavy atom. The third-order valence-corrected chi connectivity index (χ3v) is 1.73. The fourth-order valence-electron chi connectivity index (χ4n) is 1.17. The van der Waals surface area contributed by atoms with E-state index in [1.54, 1.807) is 0 Å². The molecule has 5 heteroatoms. The first-order valence-corrected chi connectivity index (χ1v) is 3.55. The van der Waals surface area contributed by atoms with Crippen LogP contribution in [0.2, 0.25) is 0 Å². The molecule has 0 amide bonds. The summed E-state index contributed by atoms with van der Waals surface area (Å²) in [6, 6.07) is 0. The molecule has 0 saturated heterocycles. The molecule has 0 spiro atoms. The first-order chi connectivity index (χ1) is 4.97. The van der Waals surface area contributed by atoms with Crippen molar-refractivity contribution >= 4 is 12.4 Å². The number of nitrogens with one attached hydrogen (secondary N) is 1. The lowest BCUT2D eigenvalue weighted by atomic mass is 10.4. The van der Waals surface area contributed by atoms with Gasteiger partial charge in [0.1, 0.15) is 0 Å². The maximum absolute atomic E-state index is 3.94. The van der Waals surface area contributed by atoms with Gasteiger partial charge in [-0.2, -0.15) is 0 Å². The highest BCUT2D eigenvalue weighted by molar-refractivity contribution is 5.85. The molecule has 1 aromatic heterocycles. The number of halogens is 1. The van der Waals surface area contributed by atoms with Crippen molar-refractivity contribution in [2.45, 2.75) is 19.5 Å². The van der Waals surface area contributed by atoms with Gasteiger partial charge in [-0.15, -0.1) is 17.5 Å². The molecule has 1 aromatic rings. The number of hydrogen-bond acceptors (Lipinski definition) is 3. The van der Waals surface area contributed by atoms with Crippen molar-refractivity contribution in [2.75, 3.05) is 6.54 Å². The van der Waals surface area contributed by atoms with E-state index in [0.717, 1.165) is 26.1 Å². The SMILES string of the molecule is Cl.c1nnn2c1CNCCC2. The van der Waals surface area contributed by atoms with E-state index in [9.17, 15) is 0 Å². The molecule has 1 N–H and O–H groups in total. The normalized spacial score (nSPS) is 16.4. The van der Waals surface area contributed by atoms with Crippen LogP contribution in [0.3, 0.4) is 0 Å². The molecule has 0 aromatic carbocycles. The van der Waals surface area contributed by atoms with Gasteiger partial charge in [0.15, 0.2) is 0 Å². The van der Waals surface area contributed by atoms with Crippen LogP contribution in [-0.4, -0.2) is 21.5 Å². The van der Waals surface area contributed by atoms with E-state index in [0.29, 0.717) is 0 Å². The van der Waals surface area contributed by atoms with Crippen molar-refractivity contribution in [3.63, 3.8) is 0 Å². The summed E-state index contributed by atoms with van der Waals surface area (Å²) in [5.41, 5.74) is 1.19. The second-order valence-corrected chi connectivity index (χ2v) is 2.48. The van der Waals surface area contributed by atoms with Crippen LogP contribution < -0.4 is 5.32 Å². The van der Waals surface area contributed by atoms with Crippen LogP contribution in [0, 0.1) is 0 Å². The summed E-state index contributed by atoms with van der Waals surface area (Å²) in [5, 5.41) is 11.1. The van der Waals surface area contributed by atoms with Gasteiger partial charge in [-0.1, -0.05) is 5.21 Å². The summed E-state index contributed by atoms with van der Waals surface area (Å²) in [7, 11) is 0. The van der Waals surface area contributed by atoms with Gasteiger partial charge in [-0.05, 0) is 13.0 Å². The fraction of sp³-hybridized carbons (Fsp3) is 0.667. The van der Waals surface area contributed by atoms with Crippen LogP contribution in [0.5, 0.6) is 0 Å². The minimum atomic E-state index is 0. The number of aromatic nitrogens is 3. The number of aryl methyl sites for hydroxylation is 1. The van der Waals surface area contributed by atoms with Crippen LogP contribution in [0.25, 0.3) is 0 Å². The summed E-state index contributed by atoms with van der Waals surface area (Å²) in [5.74, 6) is 0. The number of nitrogens with zero attached hydrogens (tertiary/aromatic N) is 3. The fourth-order valence-corrected chi connectivity index (χ4v) is 1.17. The largest absolute Gasteiger partial charge is 0.311 e. The topological polar surface area (TPSA) is 42.7 Å². The average molecular weight is 175 g/mol. The Kier molecular flexibility index (Phi) is 2.84. The third-order valence-electron chi connectivity index (χ3n) is 1.73. The Labute approximate surface area is 71.4 Å². The van der Waals surface area contributed by atoms with Crippen molar-refractivity contribution < 1.29 is 0 Å². The van der Waals surface area contributed by atoms with Crippen LogP contribution in [0.4, 0.5) is 0 Å². The van der Waals surface area contributed by atoms with E-state index in [1.807, 2.05) is 10.9 Å². The molecule has 1 aliphatic heterocycles. The summed E-state index contributed by atoms with van der Waals surface area (Å²) in [4.78, 5) is 0. The highest BCUT2D eigenvalue weighted by Crippen LogP contribution is 2.00. The smallest absolute Gasteiger partial charge is 0.0738 e. The molecule has 0 saturated carbocycles. The van der Waals surface area contributed by atoms with Gasteiger partial charge in [-0.3, -0.25) is 0 Å². The van der Waals surface area contributed by atoms with Gasteiger partial charge in [0.25, 0.3) is 0 Å². The molecule has 62 valence electrons. The van der Waals surface area contributed by atoms with Crippen LogP contribution in [0.1, 0.15) is 12.1 Å². The van der Waals surface area contributed by atoms with Crippen molar-refractivity contribution in [3.8, 4) is 0 Å². The molecule has 11 heavy (non-hydrogen) atoms. The highest BCUT2D eigenvalue weighted by atomic mass is 35.5. The van der Waals surface area contributed by atoms with Gasteiger partial charge in [0.05, 0.1) is 11.9 Å². The lowest BCUT2D eigenvalue weighted by Crippen LogP contribution is -2.11. The van der Waals surface area contributed by atoms with Crippen molar-refractivity contribution in [1.82, 2.24) is 20.3 Å². The van der Waals surface area contributed by atoms with E-state index in [1.165, 1.54) is 5.69 Å². The van der Waals surface area contributed by atoms with Gasteiger partial charge >= 0.3 is 0 Å². The second kappa shape index (κ2) is 3.69. The molecule has 0 radical (unpaired) electrons. The molecule has 0 atom stereocenters. The Balaban J connectivity index is 0.000000605. The quantitative estimate of drug-likeness (QED) is 0.611. The maximum Gasteiger partial charge on any atom is 0.0738 e. The van der Waals surface area contributed by atoms with Crippen LogP contribution in [-0.2, 0) is 13.1 Å². The molecule has 0 unspecified atom stereocenters. The minimum absolute atomic E-state index is 0. The zero-order valence-corrected chi connectivity index (χ0v) is 6.97. The highest BCUT2D eigenvalue weighted by Gasteiger charge is 2.05. The molecule has 0 aliphatic carbocycles. The Bertz CT molecular complexity index is 202. The Hall–Kier alpha value is -0.610. The molecule has 4 nitrogen and oxygen atoms in total. The Morgan fingerprint density at radius 1 is 1.55 bits per heavy atom. The van der Waals surface area contributed by atoms with Crippen molar-refractivity contribution in [3.05, 3.63) is 11.9 Å². The number of fused-ring (bicyclic) bond motifs is 1. The predicted octanol–water partition coefficient (Wildman–Crippen LogP) is 0.193. The second-order valence-electron chi connectivity index (χ2n) is 2.48.